The number of likely N-dealkylation sites (tertiary alicyclic amines) is 1. The minimum atomic E-state index is -0.910. The highest BCUT2D eigenvalue weighted by molar-refractivity contribution is 6.46. The fourth-order valence-corrected chi connectivity index (χ4v) is 3.29. The summed E-state index contributed by atoms with van der Waals surface area (Å²) in [6, 6.07) is 12.0. The van der Waals surface area contributed by atoms with E-state index >= 15 is 0 Å². The van der Waals surface area contributed by atoms with E-state index in [0.29, 0.717) is 17.7 Å². The molecule has 2 aromatic carbocycles. The van der Waals surface area contributed by atoms with Crippen LogP contribution in [0.2, 0.25) is 0 Å². The highest BCUT2D eigenvalue weighted by atomic mass is 16.5. The Morgan fingerprint density at radius 2 is 1.86 bits per heavy atom. The number of carbonyl (C=O) groups excluding carboxylic acids is 2. The van der Waals surface area contributed by atoms with Crippen LogP contribution in [0.15, 0.2) is 54.1 Å². The fraction of sp³-hybridized carbons (Fsp3) is 0.238. The summed E-state index contributed by atoms with van der Waals surface area (Å²) in [5.74, 6) is -1.80. The first-order chi connectivity index (χ1) is 13.5. The molecule has 0 aliphatic carbocycles. The Labute approximate surface area is 162 Å². The highest BCUT2D eigenvalue weighted by Gasteiger charge is 2.46. The van der Waals surface area contributed by atoms with Crippen LogP contribution in [-0.4, -0.2) is 51.7 Å². The van der Waals surface area contributed by atoms with Gasteiger partial charge in [-0.05, 0) is 24.6 Å². The molecule has 0 spiro atoms. The second-order valence-corrected chi connectivity index (χ2v) is 6.24. The van der Waals surface area contributed by atoms with Crippen molar-refractivity contribution in [2.45, 2.75) is 13.0 Å². The van der Waals surface area contributed by atoms with Crippen molar-refractivity contribution in [2.24, 2.45) is 0 Å². The number of phenolic OH excluding ortho intramolecular Hbond substituents is 1. The molecule has 0 aromatic heterocycles. The maximum absolute atomic E-state index is 12.7. The lowest BCUT2D eigenvalue weighted by molar-refractivity contribution is -0.140. The molecule has 28 heavy (non-hydrogen) atoms. The lowest BCUT2D eigenvalue weighted by atomic mass is 9.95. The Kier molecular flexibility index (Phi) is 5.65. The summed E-state index contributed by atoms with van der Waals surface area (Å²) in [5, 5.41) is 30.1. The van der Waals surface area contributed by atoms with Crippen LogP contribution >= 0.6 is 0 Å². The number of Topliss-reactive ketones (excluding diaryl/α,β-unsaturated/α-hetero) is 1. The zero-order valence-corrected chi connectivity index (χ0v) is 15.3. The molecular formula is C21H21NO6. The minimum Gasteiger partial charge on any atom is -0.507 e. The molecule has 0 saturated carbocycles. The number of phenols is 1. The molecule has 1 heterocycles. The number of benzene rings is 2. The molecule has 0 bridgehead atoms. The smallest absolute Gasteiger partial charge is 0.295 e. The number of aliphatic hydroxyl groups is 2. The average molecular weight is 383 g/mol. The monoisotopic (exact) mass is 383 g/mol. The first-order valence-corrected chi connectivity index (χ1v) is 8.90. The molecule has 3 rings (SSSR count). The second kappa shape index (κ2) is 8.14. The van der Waals surface area contributed by atoms with Crippen molar-refractivity contribution in [1.29, 1.82) is 0 Å². The zero-order valence-electron chi connectivity index (χ0n) is 15.3. The van der Waals surface area contributed by atoms with Gasteiger partial charge in [-0.1, -0.05) is 36.4 Å². The van der Waals surface area contributed by atoms with Crippen LogP contribution in [0, 0.1) is 0 Å². The summed E-state index contributed by atoms with van der Waals surface area (Å²) >= 11 is 0. The first kappa shape index (κ1) is 19.4. The molecule has 1 amide bonds. The molecule has 3 N–H and O–H groups in total. The number of aromatic hydroxyl groups is 1. The van der Waals surface area contributed by atoms with E-state index in [0.717, 1.165) is 0 Å². The standard InChI is InChI=1S/C21H21NO6/c1-2-28-16-12-14(8-9-15(16)24)18-17(19(25)13-6-4-3-5-7-13)20(26)21(27)22(18)10-11-23/h3-9,12,18,23-25H,2,10-11H2,1H3/b19-17+. The molecule has 1 aliphatic heterocycles. The van der Waals surface area contributed by atoms with Crippen molar-refractivity contribution in [1.82, 2.24) is 4.90 Å². The van der Waals surface area contributed by atoms with Crippen molar-refractivity contribution in [3.8, 4) is 11.5 Å². The Morgan fingerprint density at radius 1 is 1.14 bits per heavy atom. The number of amides is 1. The van der Waals surface area contributed by atoms with Gasteiger partial charge in [-0.2, -0.15) is 0 Å². The molecule has 7 heteroatoms. The van der Waals surface area contributed by atoms with E-state index < -0.39 is 17.7 Å². The number of aliphatic hydroxyl groups excluding tert-OH is 2. The van der Waals surface area contributed by atoms with Crippen LogP contribution in [0.1, 0.15) is 24.1 Å². The molecule has 1 saturated heterocycles. The van der Waals surface area contributed by atoms with Gasteiger partial charge in [-0.3, -0.25) is 9.59 Å². The van der Waals surface area contributed by atoms with Gasteiger partial charge in [0.25, 0.3) is 11.7 Å². The van der Waals surface area contributed by atoms with Gasteiger partial charge in [0, 0.05) is 12.1 Å². The van der Waals surface area contributed by atoms with E-state index in [1.165, 1.54) is 17.0 Å². The summed E-state index contributed by atoms with van der Waals surface area (Å²) in [6.07, 6.45) is 0. The second-order valence-electron chi connectivity index (χ2n) is 6.24. The molecule has 7 nitrogen and oxygen atoms in total. The third-order valence-corrected chi connectivity index (χ3v) is 4.53. The molecular weight excluding hydrogens is 362 g/mol. The van der Waals surface area contributed by atoms with Gasteiger partial charge in [0.1, 0.15) is 5.76 Å². The third kappa shape index (κ3) is 3.44. The van der Waals surface area contributed by atoms with E-state index in [4.69, 9.17) is 4.74 Å². The molecule has 0 radical (unpaired) electrons. The lowest BCUT2D eigenvalue weighted by Gasteiger charge is -2.25. The number of ketones is 1. The van der Waals surface area contributed by atoms with Gasteiger partial charge in [0.15, 0.2) is 11.5 Å². The Hall–Kier alpha value is -3.32. The molecule has 1 atom stereocenters. The van der Waals surface area contributed by atoms with Gasteiger partial charge in [0.05, 0.1) is 24.8 Å². The zero-order chi connectivity index (χ0) is 20.3. The van der Waals surface area contributed by atoms with Crippen LogP contribution in [0.4, 0.5) is 0 Å². The summed E-state index contributed by atoms with van der Waals surface area (Å²) in [5.41, 5.74) is 0.808. The van der Waals surface area contributed by atoms with Gasteiger partial charge in [0.2, 0.25) is 0 Å². The maximum atomic E-state index is 12.7. The number of ether oxygens (including phenoxy) is 1. The number of β-amino-alcohol motifs (C(OH)–C–C–N with tert-alkyl or cyclic N) is 1. The third-order valence-electron chi connectivity index (χ3n) is 4.53. The van der Waals surface area contributed by atoms with Crippen LogP contribution < -0.4 is 4.74 Å². The number of hydrogen-bond donors (Lipinski definition) is 3. The number of carbonyl (C=O) groups is 2. The molecule has 1 fully saturated rings. The van der Waals surface area contributed by atoms with Crippen molar-refractivity contribution < 1.29 is 29.6 Å². The van der Waals surface area contributed by atoms with E-state index in [-0.39, 0.29) is 36.0 Å². The van der Waals surface area contributed by atoms with E-state index in [9.17, 15) is 24.9 Å². The predicted molar refractivity (Wildman–Crippen MR) is 102 cm³/mol. The first-order valence-electron chi connectivity index (χ1n) is 8.90. The van der Waals surface area contributed by atoms with E-state index in [1.807, 2.05) is 0 Å². The Bertz CT molecular complexity index is 922. The summed E-state index contributed by atoms with van der Waals surface area (Å²) in [4.78, 5) is 26.4. The van der Waals surface area contributed by atoms with Crippen LogP contribution in [0.5, 0.6) is 11.5 Å². The molecule has 2 aromatic rings. The number of rotatable bonds is 6. The van der Waals surface area contributed by atoms with Crippen LogP contribution in [0.25, 0.3) is 5.76 Å². The van der Waals surface area contributed by atoms with E-state index in [2.05, 4.69) is 0 Å². The van der Waals surface area contributed by atoms with E-state index in [1.54, 1.807) is 43.3 Å². The molecule has 146 valence electrons. The SMILES string of the molecule is CCOc1cc(C2/C(=C(\O)c3ccccc3)C(=O)C(=O)N2CCO)ccc1O. The Morgan fingerprint density at radius 3 is 2.50 bits per heavy atom. The van der Waals surface area contributed by atoms with Gasteiger partial charge in [-0.15, -0.1) is 0 Å². The number of nitrogens with zero attached hydrogens (tertiary/aromatic N) is 1. The van der Waals surface area contributed by atoms with Crippen LogP contribution in [-0.2, 0) is 9.59 Å². The largest absolute Gasteiger partial charge is 0.507 e. The molecule has 1 aliphatic rings. The quantitative estimate of drug-likeness (QED) is 0.401. The fourth-order valence-electron chi connectivity index (χ4n) is 3.29. The minimum absolute atomic E-state index is 0.0715. The highest BCUT2D eigenvalue weighted by Crippen LogP contribution is 2.41. The average Bonchev–Trinajstić information content (AvgIpc) is 2.95. The van der Waals surface area contributed by atoms with Crippen molar-refractivity contribution in [3.63, 3.8) is 0 Å². The summed E-state index contributed by atoms with van der Waals surface area (Å²) in [7, 11) is 0. The Balaban J connectivity index is 2.19. The maximum Gasteiger partial charge on any atom is 0.295 e. The van der Waals surface area contributed by atoms with Gasteiger partial charge >= 0.3 is 0 Å². The van der Waals surface area contributed by atoms with Gasteiger partial charge in [-0.25, -0.2) is 0 Å². The molecule has 1 unspecified atom stereocenters. The normalized spacial score (nSPS) is 18.5. The predicted octanol–water partition coefficient (Wildman–Crippen LogP) is 2.20. The van der Waals surface area contributed by atoms with Crippen LogP contribution in [0.3, 0.4) is 0 Å². The van der Waals surface area contributed by atoms with Gasteiger partial charge < -0.3 is 25.0 Å². The van der Waals surface area contributed by atoms with Crippen molar-refractivity contribution in [2.75, 3.05) is 19.8 Å². The lowest BCUT2D eigenvalue weighted by Crippen LogP contribution is -2.32. The van der Waals surface area contributed by atoms with Crippen molar-refractivity contribution in [3.05, 3.63) is 65.2 Å². The summed E-state index contributed by atoms with van der Waals surface area (Å²) < 4.78 is 5.40. The number of hydrogen-bond acceptors (Lipinski definition) is 6. The van der Waals surface area contributed by atoms with Crippen molar-refractivity contribution >= 4 is 17.4 Å². The summed E-state index contributed by atoms with van der Waals surface area (Å²) in [6.45, 7) is 1.66. The topological polar surface area (TPSA) is 107 Å².